The molecule has 3 nitrogen and oxygen atoms in total. The molecule has 0 saturated heterocycles. The van der Waals surface area contributed by atoms with Crippen LogP contribution in [0.25, 0.3) is 10.8 Å². The fourth-order valence-corrected chi connectivity index (χ4v) is 3.90. The Labute approximate surface area is 126 Å². The van der Waals surface area contributed by atoms with Crippen molar-refractivity contribution in [1.82, 2.24) is 10.4 Å². The lowest BCUT2D eigenvalue weighted by molar-refractivity contribution is 0.211. The molecule has 1 aliphatic rings. The number of aromatic nitrogens is 1. The van der Waals surface area contributed by atoms with Crippen molar-refractivity contribution in [2.45, 2.75) is 45.1 Å². The van der Waals surface area contributed by atoms with Gasteiger partial charge >= 0.3 is 0 Å². The number of fused-ring (bicyclic) bond motifs is 1. The van der Waals surface area contributed by atoms with Crippen LogP contribution < -0.4 is 11.3 Å². The van der Waals surface area contributed by atoms with Crippen LogP contribution in [0.1, 0.15) is 50.6 Å². The highest BCUT2D eigenvalue weighted by Crippen LogP contribution is 2.39. The zero-order valence-electron chi connectivity index (χ0n) is 12.8. The molecule has 1 saturated carbocycles. The molecule has 1 fully saturated rings. The van der Waals surface area contributed by atoms with Crippen LogP contribution in [0.5, 0.6) is 0 Å². The monoisotopic (exact) mass is 283 g/mol. The minimum atomic E-state index is 0.241. The molecule has 3 rings (SSSR count). The number of nitrogens with one attached hydrogen (secondary N) is 1. The van der Waals surface area contributed by atoms with E-state index in [2.05, 4.69) is 41.6 Å². The standard InChI is InChI=1S/C18H25N3/c1-2-13-5-3-6-14(11-13)18(21-19)17-8-4-7-15-12-20-10-9-16(15)17/h4,7-10,12-14,18,21H,2-3,5-6,11,19H2,1H3. The summed E-state index contributed by atoms with van der Waals surface area (Å²) in [7, 11) is 0. The minimum Gasteiger partial charge on any atom is -0.271 e. The molecule has 3 atom stereocenters. The fraction of sp³-hybridized carbons (Fsp3) is 0.500. The van der Waals surface area contributed by atoms with Crippen molar-refractivity contribution in [1.29, 1.82) is 0 Å². The van der Waals surface area contributed by atoms with Gasteiger partial charge in [0, 0.05) is 23.8 Å². The summed E-state index contributed by atoms with van der Waals surface area (Å²) in [6.07, 6.45) is 10.3. The van der Waals surface area contributed by atoms with Gasteiger partial charge in [0.15, 0.2) is 0 Å². The highest BCUT2D eigenvalue weighted by molar-refractivity contribution is 5.85. The summed E-state index contributed by atoms with van der Waals surface area (Å²) >= 11 is 0. The highest BCUT2D eigenvalue weighted by atomic mass is 15.2. The van der Waals surface area contributed by atoms with E-state index >= 15 is 0 Å². The number of hydrogen-bond donors (Lipinski definition) is 2. The van der Waals surface area contributed by atoms with Crippen LogP contribution in [0.2, 0.25) is 0 Å². The van der Waals surface area contributed by atoms with Crippen molar-refractivity contribution in [2.75, 3.05) is 0 Å². The Hall–Kier alpha value is -1.45. The van der Waals surface area contributed by atoms with Crippen LogP contribution in [0, 0.1) is 11.8 Å². The largest absolute Gasteiger partial charge is 0.271 e. The Morgan fingerprint density at radius 2 is 2.24 bits per heavy atom. The van der Waals surface area contributed by atoms with E-state index in [1.165, 1.54) is 48.4 Å². The molecule has 112 valence electrons. The second kappa shape index (κ2) is 6.54. The first-order chi connectivity index (χ1) is 10.3. The molecule has 1 aliphatic carbocycles. The summed E-state index contributed by atoms with van der Waals surface area (Å²) < 4.78 is 0. The molecule has 3 unspecified atom stereocenters. The third kappa shape index (κ3) is 2.94. The maximum atomic E-state index is 5.95. The molecule has 0 amide bonds. The molecular weight excluding hydrogens is 258 g/mol. The third-order valence-electron chi connectivity index (χ3n) is 5.10. The third-order valence-corrected chi connectivity index (χ3v) is 5.10. The predicted octanol–water partition coefficient (Wildman–Crippen LogP) is 3.96. The van der Waals surface area contributed by atoms with Crippen LogP contribution in [-0.4, -0.2) is 4.98 Å². The van der Waals surface area contributed by atoms with Gasteiger partial charge in [-0.25, -0.2) is 0 Å². The van der Waals surface area contributed by atoms with Crippen LogP contribution in [0.4, 0.5) is 0 Å². The van der Waals surface area contributed by atoms with E-state index in [4.69, 9.17) is 5.84 Å². The van der Waals surface area contributed by atoms with Crippen molar-refractivity contribution in [3.63, 3.8) is 0 Å². The smallest absolute Gasteiger partial charge is 0.0494 e. The maximum Gasteiger partial charge on any atom is 0.0494 e. The molecular formula is C18H25N3. The van der Waals surface area contributed by atoms with Crippen molar-refractivity contribution in [3.8, 4) is 0 Å². The number of nitrogens with two attached hydrogens (primary N) is 1. The molecule has 0 bridgehead atoms. The number of benzene rings is 1. The normalized spacial score (nSPS) is 24.1. The average molecular weight is 283 g/mol. The summed E-state index contributed by atoms with van der Waals surface area (Å²) in [5.41, 5.74) is 4.42. The van der Waals surface area contributed by atoms with Gasteiger partial charge in [-0.3, -0.25) is 16.3 Å². The molecule has 3 heteroatoms. The zero-order chi connectivity index (χ0) is 14.7. The second-order valence-electron chi connectivity index (χ2n) is 6.29. The Morgan fingerprint density at radius 3 is 3.05 bits per heavy atom. The average Bonchev–Trinajstić information content (AvgIpc) is 2.56. The van der Waals surface area contributed by atoms with Crippen molar-refractivity contribution in [3.05, 3.63) is 42.2 Å². The first-order valence-electron chi connectivity index (χ1n) is 8.12. The van der Waals surface area contributed by atoms with Crippen LogP contribution in [0.3, 0.4) is 0 Å². The van der Waals surface area contributed by atoms with E-state index in [1.54, 1.807) is 0 Å². The van der Waals surface area contributed by atoms with Gasteiger partial charge in [0.05, 0.1) is 0 Å². The molecule has 3 N–H and O–H groups in total. The molecule has 2 aromatic rings. The summed E-state index contributed by atoms with van der Waals surface area (Å²) in [4.78, 5) is 4.23. The molecule has 21 heavy (non-hydrogen) atoms. The van der Waals surface area contributed by atoms with Crippen molar-refractivity contribution >= 4 is 10.8 Å². The maximum absolute atomic E-state index is 5.95. The number of hydrazine groups is 1. The van der Waals surface area contributed by atoms with Crippen molar-refractivity contribution < 1.29 is 0 Å². The molecule has 1 heterocycles. The van der Waals surface area contributed by atoms with E-state index in [0.717, 1.165) is 5.92 Å². The first-order valence-corrected chi connectivity index (χ1v) is 8.12. The van der Waals surface area contributed by atoms with Gasteiger partial charge in [0.2, 0.25) is 0 Å². The van der Waals surface area contributed by atoms with Gasteiger partial charge in [-0.2, -0.15) is 0 Å². The number of rotatable bonds is 4. The highest BCUT2D eigenvalue weighted by Gasteiger charge is 2.29. The SMILES string of the molecule is CCC1CCCC(C(NN)c2cccc3cnccc23)C1. The van der Waals surface area contributed by atoms with Crippen molar-refractivity contribution in [2.24, 2.45) is 17.7 Å². The number of nitrogens with zero attached hydrogens (tertiary/aromatic N) is 1. The Bertz CT molecular complexity index is 591. The summed E-state index contributed by atoms with van der Waals surface area (Å²) in [6.45, 7) is 2.31. The van der Waals surface area contributed by atoms with Gasteiger partial charge in [0.25, 0.3) is 0 Å². The van der Waals surface area contributed by atoms with Gasteiger partial charge in [-0.15, -0.1) is 0 Å². The summed E-state index contributed by atoms with van der Waals surface area (Å²) in [6, 6.07) is 8.79. The number of pyridine rings is 1. The minimum absolute atomic E-state index is 0.241. The van der Waals surface area contributed by atoms with Gasteiger partial charge in [-0.05, 0) is 41.7 Å². The molecule has 1 aromatic heterocycles. The lowest BCUT2D eigenvalue weighted by Crippen LogP contribution is -2.36. The lowest BCUT2D eigenvalue weighted by Gasteiger charge is -2.34. The van der Waals surface area contributed by atoms with E-state index < -0.39 is 0 Å². The Balaban J connectivity index is 1.94. The second-order valence-corrected chi connectivity index (χ2v) is 6.29. The summed E-state index contributed by atoms with van der Waals surface area (Å²) in [5.74, 6) is 7.44. The molecule has 0 aliphatic heterocycles. The van der Waals surface area contributed by atoms with Crippen LogP contribution in [0.15, 0.2) is 36.7 Å². The molecule has 1 aromatic carbocycles. The Kier molecular flexibility index (Phi) is 4.51. The zero-order valence-corrected chi connectivity index (χ0v) is 12.8. The quantitative estimate of drug-likeness (QED) is 0.659. The van der Waals surface area contributed by atoms with E-state index in [-0.39, 0.29) is 6.04 Å². The van der Waals surface area contributed by atoms with Gasteiger partial charge in [0.1, 0.15) is 0 Å². The Morgan fingerprint density at radius 1 is 1.33 bits per heavy atom. The van der Waals surface area contributed by atoms with Gasteiger partial charge < -0.3 is 0 Å². The summed E-state index contributed by atoms with van der Waals surface area (Å²) in [5, 5.41) is 2.46. The lowest BCUT2D eigenvalue weighted by atomic mass is 9.75. The number of hydrogen-bond acceptors (Lipinski definition) is 3. The predicted molar refractivity (Wildman–Crippen MR) is 87.5 cm³/mol. The molecule has 0 spiro atoms. The molecule has 0 radical (unpaired) electrons. The van der Waals surface area contributed by atoms with E-state index in [9.17, 15) is 0 Å². The van der Waals surface area contributed by atoms with E-state index in [1.807, 2.05) is 12.4 Å². The fourth-order valence-electron chi connectivity index (χ4n) is 3.90. The van der Waals surface area contributed by atoms with Gasteiger partial charge in [-0.1, -0.05) is 44.4 Å². The van der Waals surface area contributed by atoms with Crippen LogP contribution >= 0.6 is 0 Å². The topological polar surface area (TPSA) is 50.9 Å². The first kappa shape index (κ1) is 14.5. The van der Waals surface area contributed by atoms with E-state index in [0.29, 0.717) is 5.92 Å². The van der Waals surface area contributed by atoms with Crippen LogP contribution in [-0.2, 0) is 0 Å².